The van der Waals surface area contributed by atoms with Crippen LogP contribution in [0.2, 0.25) is 0 Å². The lowest BCUT2D eigenvalue weighted by Crippen LogP contribution is -2.20. The number of methoxy groups -OCH3 is 1. The maximum atomic E-state index is 12.1. The maximum Gasteiger partial charge on any atom is 0.306 e. The average Bonchev–Trinajstić information content (AvgIpc) is 2.98. The Morgan fingerprint density at radius 2 is 2.32 bits per heavy atom. The third kappa shape index (κ3) is 3.89. The molecule has 6 heteroatoms. The van der Waals surface area contributed by atoms with Gasteiger partial charge in [0.1, 0.15) is 0 Å². The third-order valence-corrected chi connectivity index (χ3v) is 5.27. The summed E-state index contributed by atoms with van der Waals surface area (Å²) >= 11 is 0. The Bertz CT molecular complexity index is 480. The van der Waals surface area contributed by atoms with Crippen molar-refractivity contribution in [3.05, 3.63) is 18.0 Å². The van der Waals surface area contributed by atoms with E-state index in [2.05, 4.69) is 5.10 Å². The summed E-state index contributed by atoms with van der Waals surface area (Å²) in [6, 6.07) is 1.94. The Labute approximate surface area is 115 Å². The number of hydrogen-bond donors (Lipinski definition) is 0. The smallest absolute Gasteiger partial charge is 0.306 e. The van der Waals surface area contributed by atoms with E-state index in [0.717, 1.165) is 25.0 Å². The van der Waals surface area contributed by atoms with Crippen molar-refractivity contribution in [2.24, 2.45) is 12.5 Å². The lowest BCUT2D eigenvalue weighted by Gasteiger charge is -2.13. The van der Waals surface area contributed by atoms with Crippen LogP contribution in [0, 0.1) is 5.41 Å². The van der Waals surface area contributed by atoms with Crippen LogP contribution >= 0.6 is 0 Å². The first-order chi connectivity index (χ1) is 9.04. The largest absolute Gasteiger partial charge is 0.469 e. The molecule has 106 valence electrons. The zero-order valence-corrected chi connectivity index (χ0v) is 12.2. The molecule has 1 aliphatic rings. The number of rotatable bonds is 7. The molecule has 0 radical (unpaired) electrons. The van der Waals surface area contributed by atoms with Gasteiger partial charge in [0.15, 0.2) is 0 Å². The topological polar surface area (TPSA) is 61.2 Å². The number of ether oxygens (including phenoxy) is 1. The highest BCUT2D eigenvalue weighted by Gasteiger charge is 2.45. The molecule has 0 spiro atoms. The minimum absolute atomic E-state index is 0.0512. The Balaban J connectivity index is 1.78. The van der Waals surface area contributed by atoms with Crippen molar-refractivity contribution in [3.8, 4) is 0 Å². The van der Waals surface area contributed by atoms with Gasteiger partial charge in [-0.05, 0) is 24.3 Å². The van der Waals surface area contributed by atoms with Gasteiger partial charge in [-0.1, -0.05) is 0 Å². The van der Waals surface area contributed by atoms with Gasteiger partial charge in [-0.2, -0.15) is 5.10 Å². The normalized spacial score (nSPS) is 18.0. The molecule has 0 N–H and O–H groups in total. The molecule has 1 aliphatic carbocycles. The van der Waals surface area contributed by atoms with Crippen LogP contribution in [0.25, 0.3) is 0 Å². The summed E-state index contributed by atoms with van der Waals surface area (Å²) in [5.41, 5.74) is 1.04. The van der Waals surface area contributed by atoms with E-state index >= 15 is 0 Å². The highest BCUT2D eigenvalue weighted by molar-refractivity contribution is 7.85. The van der Waals surface area contributed by atoms with E-state index < -0.39 is 10.8 Å². The number of carbonyl (C=O) groups is 1. The predicted molar refractivity (Wildman–Crippen MR) is 73.1 cm³/mol. The van der Waals surface area contributed by atoms with E-state index in [0.29, 0.717) is 17.9 Å². The summed E-state index contributed by atoms with van der Waals surface area (Å²) < 4.78 is 18.6. The molecule has 5 nitrogen and oxygen atoms in total. The summed E-state index contributed by atoms with van der Waals surface area (Å²) in [5.74, 6) is 1.05. The Morgan fingerprint density at radius 3 is 2.84 bits per heavy atom. The fourth-order valence-electron chi connectivity index (χ4n) is 2.21. The van der Waals surface area contributed by atoms with Crippen molar-refractivity contribution in [1.29, 1.82) is 0 Å². The van der Waals surface area contributed by atoms with E-state index in [1.165, 1.54) is 7.11 Å². The monoisotopic (exact) mass is 284 g/mol. The van der Waals surface area contributed by atoms with Crippen molar-refractivity contribution < 1.29 is 13.7 Å². The van der Waals surface area contributed by atoms with Crippen molar-refractivity contribution in [3.63, 3.8) is 0 Å². The van der Waals surface area contributed by atoms with E-state index in [-0.39, 0.29) is 11.4 Å². The molecule has 1 aromatic heterocycles. The molecule has 19 heavy (non-hydrogen) atoms. The van der Waals surface area contributed by atoms with E-state index in [9.17, 15) is 9.00 Å². The second-order valence-electron chi connectivity index (χ2n) is 5.24. The molecule has 1 heterocycles. The summed E-state index contributed by atoms with van der Waals surface area (Å²) in [6.07, 6.45) is 4.88. The molecule has 0 aromatic carbocycles. The highest BCUT2D eigenvalue weighted by atomic mass is 32.2. The van der Waals surface area contributed by atoms with Gasteiger partial charge in [0.25, 0.3) is 0 Å². The minimum atomic E-state index is -0.887. The minimum Gasteiger partial charge on any atom is -0.469 e. The molecule has 0 saturated heterocycles. The van der Waals surface area contributed by atoms with Gasteiger partial charge in [0.05, 0.1) is 13.5 Å². The molecular weight excluding hydrogens is 264 g/mol. The van der Waals surface area contributed by atoms with Crippen molar-refractivity contribution in [1.82, 2.24) is 9.78 Å². The van der Waals surface area contributed by atoms with E-state index in [1.54, 1.807) is 10.9 Å². The van der Waals surface area contributed by atoms with Crippen LogP contribution in [0.1, 0.15) is 25.0 Å². The summed E-state index contributed by atoms with van der Waals surface area (Å²) in [4.78, 5) is 11.3. The van der Waals surface area contributed by atoms with Gasteiger partial charge in [-0.15, -0.1) is 0 Å². The van der Waals surface area contributed by atoms with Crippen molar-refractivity contribution in [2.75, 3.05) is 18.6 Å². The van der Waals surface area contributed by atoms with Crippen LogP contribution < -0.4 is 0 Å². The Hall–Kier alpha value is -1.17. The van der Waals surface area contributed by atoms with Gasteiger partial charge in [-0.3, -0.25) is 13.7 Å². The zero-order valence-electron chi connectivity index (χ0n) is 11.4. The zero-order chi connectivity index (χ0) is 13.9. The van der Waals surface area contributed by atoms with Gasteiger partial charge in [-0.25, -0.2) is 0 Å². The summed E-state index contributed by atoms with van der Waals surface area (Å²) in [5, 5.41) is 4.09. The van der Waals surface area contributed by atoms with Crippen molar-refractivity contribution in [2.45, 2.75) is 25.7 Å². The van der Waals surface area contributed by atoms with Crippen LogP contribution in [-0.4, -0.2) is 38.6 Å². The van der Waals surface area contributed by atoms with E-state index in [1.807, 2.05) is 13.1 Å². The first-order valence-electron chi connectivity index (χ1n) is 6.43. The molecule has 0 aliphatic heterocycles. The van der Waals surface area contributed by atoms with Crippen LogP contribution in [0.15, 0.2) is 12.3 Å². The van der Waals surface area contributed by atoms with Gasteiger partial charge in [0.2, 0.25) is 0 Å². The summed E-state index contributed by atoms with van der Waals surface area (Å²) in [6.45, 7) is 0. The number of aromatic nitrogens is 2. The predicted octanol–water partition coefficient (Wildman–Crippen LogP) is 1.05. The number of nitrogens with zero attached hydrogens (tertiary/aromatic N) is 2. The van der Waals surface area contributed by atoms with Crippen LogP contribution in [0.4, 0.5) is 0 Å². The molecule has 1 unspecified atom stereocenters. The third-order valence-electron chi connectivity index (χ3n) is 3.68. The lowest BCUT2D eigenvalue weighted by atomic mass is 10.1. The number of hydrogen-bond acceptors (Lipinski definition) is 4. The molecule has 1 aromatic rings. The fraction of sp³-hybridized carbons (Fsp3) is 0.692. The average molecular weight is 284 g/mol. The number of esters is 1. The summed E-state index contributed by atoms with van der Waals surface area (Å²) in [7, 11) is 2.40. The SMILES string of the molecule is COC(=O)CC1(CS(=O)CCc2ccnn2C)CC1. The molecule has 1 atom stereocenters. The van der Waals surface area contributed by atoms with E-state index in [4.69, 9.17) is 4.74 Å². The number of carbonyl (C=O) groups excluding carboxylic acids is 1. The van der Waals surface area contributed by atoms with Crippen LogP contribution in [0.3, 0.4) is 0 Å². The first kappa shape index (κ1) is 14.2. The fourth-order valence-corrected chi connectivity index (χ4v) is 3.86. The lowest BCUT2D eigenvalue weighted by molar-refractivity contribution is -0.141. The highest BCUT2D eigenvalue weighted by Crippen LogP contribution is 2.49. The second-order valence-corrected chi connectivity index (χ2v) is 6.81. The standard InChI is InChI=1S/C13H20N2O3S/c1-15-11(3-7-14-15)4-8-19(17)10-13(5-6-13)9-12(16)18-2/h3,7H,4-6,8-10H2,1-2H3. The molecule has 1 saturated carbocycles. The Morgan fingerprint density at radius 1 is 1.58 bits per heavy atom. The number of aryl methyl sites for hydroxylation is 2. The molecule has 0 bridgehead atoms. The first-order valence-corrected chi connectivity index (χ1v) is 7.92. The quantitative estimate of drug-likeness (QED) is 0.702. The maximum absolute atomic E-state index is 12.1. The van der Waals surface area contributed by atoms with Crippen LogP contribution in [-0.2, 0) is 33.8 Å². The molecule has 1 fully saturated rings. The Kier molecular flexibility index (Phi) is 4.39. The van der Waals surface area contributed by atoms with Crippen molar-refractivity contribution >= 4 is 16.8 Å². The molecule has 0 amide bonds. The van der Waals surface area contributed by atoms with Gasteiger partial charge >= 0.3 is 5.97 Å². The molecule has 2 rings (SSSR count). The van der Waals surface area contributed by atoms with Gasteiger partial charge < -0.3 is 4.74 Å². The molecular formula is C13H20N2O3S. The van der Waals surface area contributed by atoms with Gasteiger partial charge in [0, 0.05) is 47.7 Å². The van der Waals surface area contributed by atoms with Crippen LogP contribution in [0.5, 0.6) is 0 Å². The second kappa shape index (κ2) is 5.86.